The number of benzene rings is 1. The monoisotopic (exact) mass is 350 g/mol. The largest absolute Gasteiger partial charge is 0.506 e. The van der Waals surface area contributed by atoms with E-state index in [0.717, 1.165) is 24.0 Å². The summed E-state index contributed by atoms with van der Waals surface area (Å²) in [6.45, 7) is 4.71. The maximum Gasteiger partial charge on any atom is 0.153 e. The third-order valence-electron chi connectivity index (χ3n) is 5.46. The van der Waals surface area contributed by atoms with E-state index in [1.165, 1.54) is 37.7 Å². The molecule has 3 heteroatoms. The summed E-state index contributed by atoms with van der Waals surface area (Å²) >= 11 is 3.41. The number of hydrogen-bond donors (Lipinski definition) is 1. The average molecular weight is 351 g/mol. The highest BCUT2D eigenvalue weighted by Gasteiger charge is 2.45. The van der Waals surface area contributed by atoms with Crippen molar-refractivity contribution >= 4 is 22.2 Å². The van der Waals surface area contributed by atoms with Gasteiger partial charge in [-0.15, -0.1) is 0 Å². The van der Waals surface area contributed by atoms with Crippen LogP contribution in [0.25, 0.3) is 0 Å². The van der Waals surface area contributed by atoms with Gasteiger partial charge in [0.2, 0.25) is 0 Å². The van der Waals surface area contributed by atoms with Gasteiger partial charge in [0.15, 0.2) is 6.29 Å². The predicted octanol–water partition coefficient (Wildman–Crippen LogP) is 5.07. The number of phenolic OH excluding ortho intramolecular Hbond substituents is 1. The minimum Gasteiger partial charge on any atom is -0.506 e. The van der Waals surface area contributed by atoms with Crippen LogP contribution in [-0.2, 0) is 5.41 Å². The van der Waals surface area contributed by atoms with Gasteiger partial charge in [0.05, 0.1) is 10.0 Å². The Morgan fingerprint density at radius 2 is 1.81 bits per heavy atom. The van der Waals surface area contributed by atoms with Crippen LogP contribution < -0.4 is 0 Å². The number of carbonyl (C=O) groups is 1. The Bertz CT molecular complexity index is 547. The fraction of sp³-hybridized carbons (Fsp3) is 0.611. The molecule has 2 nitrogen and oxygen atoms in total. The number of carbonyl (C=O) groups excluding carboxylic acids is 1. The first-order valence-corrected chi connectivity index (χ1v) is 8.71. The number of fused-ring (bicyclic) bond motifs is 2. The number of aromatic hydroxyl groups is 1. The maximum atomic E-state index is 11.2. The minimum atomic E-state index is 0.0643. The molecule has 2 aliphatic carbocycles. The van der Waals surface area contributed by atoms with E-state index in [2.05, 4.69) is 29.8 Å². The highest BCUT2D eigenvalue weighted by atomic mass is 79.9. The molecule has 21 heavy (non-hydrogen) atoms. The van der Waals surface area contributed by atoms with E-state index in [0.29, 0.717) is 10.0 Å². The maximum absolute atomic E-state index is 11.2. The molecule has 3 rings (SSSR count). The molecule has 1 aromatic rings. The molecule has 2 atom stereocenters. The van der Waals surface area contributed by atoms with Crippen LogP contribution in [0, 0.1) is 17.8 Å². The number of halogens is 1. The molecule has 0 radical (unpaired) electrons. The van der Waals surface area contributed by atoms with Gasteiger partial charge in [-0.1, -0.05) is 13.8 Å². The first kappa shape index (κ1) is 15.1. The molecule has 2 saturated carbocycles. The lowest BCUT2D eigenvalue weighted by atomic mass is 9.54. The Hall–Kier alpha value is -0.830. The lowest BCUT2D eigenvalue weighted by Gasteiger charge is -2.50. The Morgan fingerprint density at radius 3 is 2.38 bits per heavy atom. The van der Waals surface area contributed by atoms with Crippen molar-refractivity contribution in [2.75, 3.05) is 0 Å². The van der Waals surface area contributed by atoms with Crippen LogP contribution in [0.3, 0.4) is 0 Å². The normalized spacial score (nSPS) is 35.5. The van der Waals surface area contributed by atoms with Crippen LogP contribution in [0.1, 0.15) is 61.9 Å². The summed E-state index contributed by atoms with van der Waals surface area (Å²) in [7, 11) is 0. The topological polar surface area (TPSA) is 37.3 Å². The molecule has 1 N–H and O–H groups in total. The van der Waals surface area contributed by atoms with Gasteiger partial charge in [-0.25, -0.2) is 0 Å². The molecule has 0 aliphatic heterocycles. The average Bonchev–Trinajstić information content (AvgIpc) is 2.39. The lowest BCUT2D eigenvalue weighted by Crippen LogP contribution is -2.42. The molecule has 0 spiro atoms. The zero-order valence-corrected chi connectivity index (χ0v) is 14.3. The van der Waals surface area contributed by atoms with E-state index in [1.807, 2.05) is 12.1 Å². The SMILES string of the molecule is C[C@H]1CC2C[C@H](C)CC(c3cc(Br)c(O)c(C=O)c3)(C2)C1. The van der Waals surface area contributed by atoms with E-state index in [-0.39, 0.29) is 11.2 Å². The second-order valence-corrected chi connectivity index (χ2v) is 8.31. The summed E-state index contributed by atoms with van der Waals surface area (Å²) in [6, 6.07) is 3.95. The van der Waals surface area contributed by atoms with Crippen molar-refractivity contribution in [2.24, 2.45) is 17.8 Å². The van der Waals surface area contributed by atoms with Gasteiger partial charge in [0.25, 0.3) is 0 Å². The van der Waals surface area contributed by atoms with Crippen LogP contribution >= 0.6 is 15.9 Å². The highest BCUT2D eigenvalue weighted by Crippen LogP contribution is 2.54. The Morgan fingerprint density at radius 1 is 1.19 bits per heavy atom. The van der Waals surface area contributed by atoms with Gasteiger partial charge >= 0.3 is 0 Å². The Kier molecular flexibility index (Phi) is 3.89. The van der Waals surface area contributed by atoms with Gasteiger partial charge in [-0.05, 0) is 88.9 Å². The van der Waals surface area contributed by atoms with E-state index >= 15 is 0 Å². The third kappa shape index (κ3) is 2.65. The molecule has 0 unspecified atom stereocenters. The zero-order valence-electron chi connectivity index (χ0n) is 12.7. The molecule has 2 bridgehead atoms. The number of phenols is 1. The first-order valence-electron chi connectivity index (χ1n) is 7.91. The quantitative estimate of drug-likeness (QED) is 0.755. The molecule has 1 aromatic carbocycles. The highest BCUT2D eigenvalue weighted by molar-refractivity contribution is 9.10. The van der Waals surface area contributed by atoms with Crippen molar-refractivity contribution in [3.63, 3.8) is 0 Å². The van der Waals surface area contributed by atoms with Crippen molar-refractivity contribution in [2.45, 2.75) is 51.4 Å². The minimum absolute atomic E-state index is 0.0643. The van der Waals surface area contributed by atoms with Crippen molar-refractivity contribution in [1.29, 1.82) is 0 Å². The third-order valence-corrected chi connectivity index (χ3v) is 6.07. The van der Waals surface area contributed by atoms with Gasteiger partial charge in [0.1, 0.15) is 5.75 Å². The smallest absolute Gasteiger partial charge is 0.153 e. The molecule has 0 amide bonds. The summed E-state index contributed by atoms with van der Waals surface area (Å²) in [5.41, 5.74) is 1.83. The van der Waals surface area contributed by atoms with Crippen molar-refractivity contribution in [3.05, 3.63) is 27.7 Å². The molecule has 0 saturated heterocycles. The summed E-state index contributed by atoms with van der Waals surface area (Å²) in [5.74, 6) is 2.35. The van der Waals surface area contributed by atoms with E-state index < -0.39 is 0 Å². The van der Waals surface area contributed by atoms with Gasteiger partial charge in [-0.2, -0.15) is 0 Å². The molecular formula is C18H23BrO2. The second kappa shape index (κ2) is 5.42. The van der Waals surface area contributed by atoms with Crippen molar-refractivity contribution in [1.82, 2.24) is 0 Å². The Balaban J connectivity index is 2.08. The fourth-order valence-corrected chi connectivity index (χ4v) is 5.55. The van der Waals surface area contributed by atoms with Crippen LogP contribution in [-0.4, -0.2) is 11.4 Å². The van der Waals surface area contributed by atoms with Crippen LogP contribution in [0.5, 0.6) is 5.75 Å². The standard InChI is InChI=1S/C18H23BrO2/c1-11-3-13-4-12(2)8-18(7-11,9-13)15-5-14(10-20)17(21)16(19)6-15/h5-6,10-13,21H,3-4,7-9H2,1-2H3/t11-,12-,13?,18?/m0/s1. The summed E-state index contributed by atoms with van der Waals surface area (Å²) in [5, 5.41) is 9.97. The molecule has 114 valence electrons. The van der Waals surface area contributed by atoms with Gasteiger partial charge < -0.3 is 5.11 Å². The van der Waals surface area contributed by atoms with Gasteiger partial charge in [-0.3, -0.25) is 4.79 Å². The fourth-order valence-electron chi connectivity index (χ4n) is 5.07. The molecular weight excluding hydrogens is 328 g/mol. The summed E-state index contributed by atoms with van der Waals surface area (Å²) in [6.07, 6.45) is 7.07. The number of hydrogen-bond acceptors (Lipinski definition) is 2. The molecule has 2 aliphatic rings. The molecule has 0 aromatic heterocycles. The van der Waals surface area contributed by atoms with Crippen LogP contribution in [0.4, 0.5) is 0 Å². The van der Waals surface area contributed by atoms with Gasteiger partial charge in [0, 0.05) is 0 Å². The number of aldehydes is 1. The van der Waals surface area contributed by atoms with Crippen molar-refractivity contribution in [3.8, 4) is 5.75 Å². The summed E-state index contributed by atoms with van der Waals surface area (Å²) in [4.78, 5) is 11.2. The van der Waals surface area contributed by atoms with E-state index in [9.17, 15) is 9.90 Å². The van der Waals surface area contributed by atoms with Crippen LogP contribution in [0.15, 0.2) is 16.6 Å². The van der Waals surface area contributed by atoms with Crippen LogP contribution in [0.2, 0.25) is 0 Å². The summed E-state index contributed by atoms with van der Waals surface area (Å²) < 4.78 is 0.643. The predicted molar refractivity (Wildman–Crippen MR) is 87.8 cm³/mol. The molecule has 2 fully saturated rings. The zero-order chi connectivity index (χ0) is 15.2. The van der Waals surface area contributed by atoms with E-state index in [1.54, 1.807) is 0 Å². The lowest BCUT2D eigenvalue weighted by molar-refractivity contribution is 0.0779. The second-order valence-electron chi connectivity index (χ2n) is 7.45. The molecule has 0 heterocycles. The number of rotatable bonds is 2. The van der Waals surface area contributed by atoms with E-state index in [4.69, 9.17) is 0 Å². The first-order chi connectivity index (χ1) is 9.93. The Labute approximate surface area is 135 Å². The van der Waals surface area contributed by atoms with Crippen molar-refractivity contribution < 1.29 is 9.90 Å².